The third-order valence-electron chi connectivity index (χ3n) is 4.28. The van der Waals surface area contributed by atoms with Gasteiger partial charge in [-0.25, -0.2) is 4.98 Å². The minimum atomic E-state index is -4.32. The van der Waals surface area contributed by atoms with Crippen LogP contribution in [0.1, 0.15) is 31.2 Å². The average molecular weight is 285 g/mol. The summed E-state index contributed by atoms with van der Waals surface area (Å²) in [5, 5.41) is 3.30. The summed E-state index contributed by atoms with van der Waals surface area (Å²) < 4.78 is 37.4. The highest BCUT2D eigenvalue weighted by atomic mass is 19.4. The van der Waals surface area contributed by atoms with Gasteiger partial charge in [-0.15, -0.1) is 0 Å². The first-order valence-electron chi connectivity index (χ1n) is 7.08. The van der Waals surface area contributed by atoms with E-state index < -0.39 is 11.7 Å². The molecule has 0 saturated carbocycles. The van der Waals surface area contributed by atoms with Crippen molar-refractivity contribution < 1.29 is 13.2 Å². The van der Waals surface area contributed by atoms with Gasteiger partial charge in [0.25, 0.3) is 0 Å². The number of halogens is 3. The number of nitrogens with zero attached hydrogens (tertiary/aromatic N) is 2. The number of hydrogen-bond acceptors (Lipinski definition) is 3. The van der Waals surface area contributed by atoms with Gasteiger partial charge in [-0.3, -0.25) is 4.90 Å². The van der Waals surface area contributed by atoms with Gasteiger partial charge in [-0.2, -0.15) is 13.2 Å². The second kappa shape index (κ2) is 5.24. The summed E-state index contributed by atoms with van der Waals surface area (Å²) in [4.78, 5) is 6.37. The van der Waals surface area contributed by atoms with Crippen LogP contribution in [0.4, 0.5) is 19.0 Å². The zero-order valence-corrected chi connectivity index (χ0v) is 11.2. The molecular weight excluding hydrogens is 267 g/mol. The van der Waals surface area contributed by atoms with E-state index in [4.69, 9.17) is 0 Å². The van der Waals surface area contributed by atoms with Crippen molar-refractivity contribution in [2.75, 3.05) is 18.4 Å². The Bertz CT molecular complexity index is 458. The van der Waals surface area contributed by atoms with E-state index in [0.717, 1.165) is 38.2 Å². The van der Waals surface area contributed by atoms with Crippen molar-refractivity contribution in [3.63, 3.8) is 0 Å². The molecule has 2 fully saturated rings. The van der Waals surface area contributed by atoms with Gasteiger partial charge in [0.2, 0.25) is 0 Å². The molecule has 2 atom stereocenters. The maximum Gasteiger partial charge on any atom is 0.417 e. The van der Waals surface area contributed by atoms with E-state index in [1.54, 1.807) is 0 Å². The molecule has 0 radical (unpaired) electrons. The molecule has 2 unspecified atom stereocenters. The Kier molecular flexibility index (Phi) is 3.58. The fourth-order valence-electron chi connectivity index (χ4n) is 3.25. The molecule has 2 aliphatic heterocycles. The van der Waals surface area contributed by atoms with E-state index in [0.29, 0.717) is 17.9 Å². The molecule has 3 nitrogen and oxygen atoms in total. The quantitative estimate of drug-likeness (QED) is 0.905. The smallest absolute Gasteiger partial charge is 0.366 e. The molecule has 0 spiro atoms. The summed E-state index contributed by atoms with van der Waals surface area (Å²) in [7, 11) is 0. The van der Waals surface area contributed by atoms with Crippen molar-refractivity contribution in [1.82, 2.24) is 9.88 Å². The van der Waals surface area contributed by atoms with Crippen molar-refractivity contribution >= 4 is 5.82 Å². The third-order valence-corrected chi connectivity index (χ3v) is 4.28. The Balaban J connectivity index is 1.66. The second-order valence-electron chi connectivity index (χ2n) is 5.57. The first-order valence-corrected chi connectivity index (χ1v) is 7.08. The summed E-state index contributed by atoms with van der Waals surface area (Å²) in [6.07, 6.45) is 1.27. The standard InChI is InChI=1S/C14H18F3N3/c15-14(16,17)10-4-5-13(18-9-10)19-11-6-8-20-7-2-1-3-12(11)20/h4-5,9,11-12H,1-3,6-8H2,(H,18,19). The molecule has 0 bridgehead atoms. The lowest BCUT2D eigenvalue weighted by Gasteiger charge is -2.32. The average Bonchev–Trinajstić information content (AvgIpc) is 2.82. The van der Waals surface area contributed by atoms with Crippen LogP contribution in [0.15, 0.2) is 18.3 Å². The van der Waals surface area contributed by atoms with Crippen molar-refractivity contribution in [2.24, 2.45) is 0 Å². The number of piperidine rings is 1. The lowest BCUT2D eigenvalue weighted by Crippen LogP contribution is -2.41. The van der Waals surface area contributed by atoms with Gasteiger partial charge in [0.05, 0.1) is 5.56 Å². The molecule has 1 aromatic heterocycles. The van der Waals surface area contributed by atoms with E-state index in [1.807, 2.05) is 0 Å². The van der Waals surface area contributed by atoms with E-state index in [9.17, 15) is 13.2 Å². The van der Waals surface area contributed by atoms with Crippen molar-refractivity contribution in [3.8, 4) is 0 Å². The molecule has 0 aliphatic carbocycles. The van der Waals surface area contributed by atoms with Crippen molar-refractivity contribution in [1.29, 1.82) is 0 Å². The molecule has 0 aromatic carbocycles. The van der Waals surface area contributed by atoms with Gasteiger partial charge in [0.1, 0.15) is 5.82 Å². The van der Waals surface area contributed by atoms with Gasteiger partial charge < -0.3 is 5.32 Å². The lowest BCUT2D eigenvalue weighted by atomic mass is 9.99. The minimum absolute atomic E-state index is 0.305. The first-order chi connectivity index (χ1) is 9.54. The molecular formula is C14H18F3N3. The minimum Gasteiger partial charge on any atom is -0.366 e. The molecule has 110 valence electrons. The highest BCUT2D eigenvalue weighted by Gasteiger charge is 2.35. The molecule has 2 aliphatic rings. The lowest BCUT2D eigenvalue weighted by molar-refractivity contribution is -0.137. The van der Waals surface area contributed by atoms with E-state index in [2.05, 4.69) is 15.2 Å². The Morgan fingerprint density at radius 2 is 2.00 bits per heavy atom. The summed E-state index contributed by atoms with van der Waals surface area (Å²) >= 11 is 0. The first kappa shape index (κ1) is 13.7. The summed E-state index contributed by atoms with van der Waals surface area (Å²) in [6.45, 7) is 2.21. The Labute approximate surface area is 116 Å². The molecule has 1 aromatic rings. The number of pyridine rings is 1. The predicted octanol–water partition coefficient (Wildman–Crippen LogP) is 3.14. The zero-order chi connectivity index (χ0) is 14.2. The number of rotatable bonds is 2. The number of nitrogens with one attached hydrogen (secondary N) is 1. The predicted molar refractivity (Wildman–Crippen MR) is 70.5 cm³/mol. The topological polar surface area (TPSA) is 28.2 Å². The Morgan fingerprint density at radius 3 is 2.70 bits per heavy atom. The fourth-order valence-corrected chi connectivity index (χ4v) is 3.25. The Hall–Kier alpha value is -1.30. The molecule has 0 amide bonds. The second-order valence-corrected chi connectivity index (χ2v) is 5.57. The SMILES string of the molecule is FC(F)(F)c1ccc(NC2CCN3CCCCC23)nc1. The van der Waals surface area contributed by atoms with Crippen LogP contribution in [0.5, 0.6) is 0 Å². The summed E-state index contributed by atoms with van der Waals surface area (Å²) in [5.74, 6) is 0.537. The van der Waals surface area contributed by atoms with Crippen LogP contribution in [0.3, 0.4) is 0 Å². The van der Waals surface area contributed by atoms with Crippen molar-refractivity contribution in [3.05, 3.63) is 23.9 Å². The molecule has 3 rings (SSSR count). The molecule has 1 N–H and O–H groups in total. The van der Waals surface area contributed by atoms with E-state index in [1.165, 1.54) is 18.9 Å². The number of aromatic nitrogens is 1. The highest BCUT2D eigenvalue weighted by Crippen LogP contribution is 2.31. The van der Waals surface area contributed by atoms with Crippen LogP contribution in [0.2, 0.25) is 0 Å². The number of hydrogen-bond donors (Lipinski definition) is 1. The largest absolute Gasteiger partial charge is 0.417 e. The number of anilines is 1. The number of alkyl halides is 3. The van der Waals surface area contributed by atoms with Crippen LogP contribution in [-0.4, -0.2) is 35.1 Å². The van der Waals surface area contributed by atoms with Crippen LogP contribution >= 0.6 is 0 Å². The van der Waals surface area contributed by atoms with Gasteiger partial charge in [-0.05, 0) is 37.9 Å². The molecule has 20 heavy (non-hydrogen) atoms. The molecule has 2 saturated heterocycles. The maximum absolute atomic E-state index is 12.5. The summed E-state index contributed by atoms with van der Waals surface area (Å²) in [6, 6.07) is 3.32. The van der Waals surface area contributed by atoms with E-state index in [-0.39, 0.29) is 0 Å². The zero-order valence-electron chi connectivity index (χ0n) is 11.2. The van der Waals surface area contributed by atoms with Gasteiger partial charge >= 0.3 is 6.18 Å². The van der Waals surface area contributed by atoms with Crippen LogP contribution < -0.4 is 5.32 Å². The normalized spacial score (nSPS) is 27.4. The van der Waals surface area contributed by atoms with Crippen molar-refractivity contribution in [2.45, 2.75) is 43.9 Å². The van der Waals surface area contributed by atoms with Gasteiger partial charge in [-0.1, -0.05) is 6.42 Å². The van der Waals surface area contributed by atoms with Gasteiger partial charge in [0, 0.05) is 24.8 Å². The fraction of sp³-hybridized carbons (Fsp3) is 0.643. The van der Waals surface area contributed by atoms with Gasteiger partial charge in [0.15, 0.2) is 0 Å². The Morgan fingerprint density at radius 1 is 1.15 bits per heavy atom. The summed E-state index contributed by atoms with van der Waals surface area (Å²) in [5.41, 5.74) is -0.700. The monoisotopic (exact) mass is 285 g/mol. The molecule has 3 heterocycles. The van der Waals surface area contributed by atoms with Crippen LogP contribution in [0.25, 0.3) is 0 Å². The molecule has 6 heteroatoms. The van der Waals surface area contributed by atoms with Crippen LogP contribution in [-0.2, 0) is 6.18 Å². The van der Waals surface area contributed by atoms with E-state index >= 15 is 0 Å². The van der Waals surface area contributed by atoms with Crippen LogP contribution in [0, 0.1) is 0 Å². The highest BCUT2D eigenvalue weighted by molar-refractivity contribution is 5.38. The maximum atomic E-state index is 12.5. The third kappa shape index (κ3) is 2.75. The number of fused-ring (bicyclic) bond motifs is 1.